The van der Waals surface area contributed by atoms with Gasteiger partial charge in [-0.3, -0.25) is 14.0 Å². The van der Waals surface area contributed by atoms with E-state index in [2.05, 4.69) is 15.3 Å². The third kappa shape index (κ3) is 2.54. The van der Waals surface area contributed by atoms with Gasteiger partial charge in [0.1, 0.15) is 11.3 Å². The van der Waals surface area contributed by atoms with E-state index in [1.165, 1.54) is 10.5 Å². The highest BCUT2D eigenvalue weighted by Crippen LogP contribution is 2.14. The molecule has 1 amide bonds. The van der Waals surface area contributed by atoms with E-state index >= 15 is 0 Å². The Labute approximate surface area is 136 Å². The molecule has 6 nitrogen and oxygen atoms in total. The molecule has 0 saturated carbocycles. The van der Waals surface area contributed by atoms with Crippen molar-refractivity contribution in [2.45, 2.75) is 6.54 Å². The number of rotatable bonds is 3. The number of hydrogen-bond donors (Lipinski definition) is 2. The normalized spacial score (nSPS) is 11.0. The molecule has 118 valence electrons. The van der Waals surface area contributed by atoms with Crippen molar-refractivity contribution in [3.05, 3.63) is 82.5 Å². The number of pyridine rings is 1. The maximum atomic E-state index is 12.3. The minimum absolute atomic E-state index is 0.118. The molecule has 0 unspecified atom stereocenters. The van der Waals surface area contributed by atoms with Gasteiger partial charge in [0.15, 0.2) is 0 Å². The smallest absolute Gasteiger partial charge is 0.270 e. The summed E-state index contributed by atoms with van der Waals surface area (Å²) in [7, 11) is 0. The fourth-order valence-corrected chi connectivity index (χ4v) is 2.65. The molecule has 3 aromatic heterocycles. The second-order valence-corrected chi connectivity index (χ2v) is 5.49. The van der Waals surface area contributed by atoms with E-state index in [-0.39, 0.29) is 17.2 Å². The molecular formula is C18H14N4O2. The summed E-state index contributed by atoms with van der Waals surface area (Å²) < 4.78 is 1.40. The van der Waals surface area contributed by atoms with Crippen LogP contribution in [0.1, 0.15) is 16.1 Å². The van der Waals surface area contributed by atoms with Gasteiger partial charge in [0.05, 0.1) is 0 Å². The van der Waals surface area contributed by atoms with E-state index in [1.54, 1.807) is 24.4 Å². The zero-order valence-corrected chi connectivity index (χ0v) is 12.7. The van der Waals surface area contributed by atoms with Crippen molar-refractivity contribution in [1.29, 1.82) is 0 Å². The van der Waals surface area contributed by atoms with Crippen molar-refractivity contribution < 1.29 is 4.79 Å². The molecule has 0 spiro atoms. The summed E-state index contributed by atoms with van der Waals surface area (Å²) in [5, 5.41) is 3.92. The molecule has 4 aromatic rings. The van der Waals surface area contributed by atoms with E-state index < -0.39 is 0 Å². The molecule has 0 aliphatic heterocycles. The Morgan fingerprint density at radius 2 is 2.08 bits per heavy atom. The molecule has 0 aliphatic carbocycles. The molecule has 3 heterocycles. The fourth-order valence-electron chi connectivity index (χ4n) is 2.65. The summed E-state index contributed by atoms with van der Waals surface area (Å²) in [5.41, 5.74) is 2.27. The van der Waals surface area contributed by atoms with Crippen molar-refractivity contribution in [2.24, 2.45) is 0 Å². The Balaban J connectivity index is 1.56. The van der Waals surface area contributed by atoms with E-state index in [0.717, 1.165) is 16.5 Å². The number of nitrogens with zero attached hydrogens (tertiary/aromatic N) is 2. The van der Waals surface area contributed by atoms with Gasteiger partial charge in [0.2, 0.25) is 0 Å². The van der Waals surface area contributed by atoms with Gasteiger partial charge in [-0.15, -0.1) is 0 Å². The predicted molar refractivity (Wildman–Crippen MR) is 90.9 cm³/mol. The first-order valence-electron chi connectivity index (χ1n) is 7.53. The summed E-state index contributed by atoms with van der Waals surface area (Å²) in [6, 6.07) is 14.4. The van der Waals surface area contributed by atoms with Crippen LogP contribution in [-0.2, 0) is 6.54 Å². The van der Waals surface area contributed by atoms with Crippen LogP contribution >= 0.6 is 0 Å². The van der Waals surface area contributed by atoms with Crippen molar-refractivity contribution in [3.63, 3.8) is 0 Å². The summed E-state index contributed by atoms with van der Waals surface area (Å²) in [6.45, 7) is 0.365. The lowest BCUT2D eigenvalue weighted by Gasteiger charge is -2.06. The lowest BCUT2D eigenvalue weighted by molar-refractivity contribution is 0.0946. The molecule has 0 saturated heterocycles. The van der Waals surface area contributed by atoms with Crippen LogP contribution in [0.4, 0.5) is 0 Å². The van der Waals surface area contributed by atoms with Gasteiger partial charge < -0.3 is 10.3 Å². The average Bonchev–Trinajstić information content (AvgIpc) is 3.07. The largest absolute Gasteiger partial charge is 0.361 e. The Bertz CT molecular complexity index is 1110. The summed E-state index contributed by atoms with van der Waals surface area (Å²) in [6.07, 6.45) is 3.50. The van der Waals surface area contributed by atoms with Gasteiger partial charge in [0.25, 0.3) is 11.5 Å². The highest BCUT2D eigenvalue weighted by atomic mass is 16.2. The first kappa shape index (κ1) is 14.2. The summed E-state index contributed by atoms with van der Waals surface area (Å²) >= 11 is 0. The minimum atomic E-state index is -0.370. The number of benzene rings is 1. The van der Waals surface area contributed by atoms with Crippen LogP contribution in [0.25, 0.3) is 16.6 Å². The van der Waals surface area contributed by atoms with Gasteiger partial charge in [-0.25, -0.2) is 4.98 Å². The molecule has 0 radical (unpaired) electrons. The first-order chi connectivity index (χ1) is 11.7. The molecule has 0 fully saturated rings. The van der Waals surface area contributed by atoms with Gasteiger partial charge in [-0.1, -0.05) is 18.2 Å². The van der Waals surface area contributed by atoms with E-state index in [4.69, 9.17) is 0 Å². The number of nitrogens with one attached hydrogen (secondary N) is 2. The molecule has 1 aromatic carbocycles. The third-order valence-electron chi connectivity index (χ3n) is 3.88. The topological polar surface area (TPSA) is 79.3 Å². The highest BCUT2D eigenvalue weighted by Gasteiger charge is 2.10. The maximum absolute atomic E-state index is 12.3. The standard InChI is InChI=1S/C18H14N4O2/c23-17-10-15(21-16-3-1-2-8-22(16)17)18(24)20-11-12-4-5-13-6-7-19-14(13)9-12/h1-10,19H,11H2,(H,20,24). The molecule has 24 heavy (non-hydrogen) atoms. The lowest BCUT2D eigenvalue weighted by Crippen LogP contribution is -2.26. The van der Waals surface area contributed by atoms with Crippen LogP contribution in [0.2, 0.25) is 0 Å². The van der Waals surface area contributed by atoms with Gasteiger partial charge in [-0.2, -0.15) is 0 Å². The van der Waals surface area contributed by atoms with Crippen molar-refractivity contribution in [2.75, 3.05) is 0 Å². The van der Waals surface area contributed by atoms with Gasteiger partial charge >= 0.3 is 0 Å². The van der Waals surface area contributed by atoms with Crippen molar-refractivity contribution in [3.8, 4) is 0 Å². The second kappa shape index (κ2) is 5.66. The van der Waals surface area contributed by atoms with Crippen molar-refractivity contribution >= 4 is 22.5 Å². The van der Waals surface area contributed by atoms with Crippen LogP contribution in [0, 0.1) is 0 Å². The van der Waals surface area contributed by atoms with Crippen LogP contribution in [0.5, 0.6) is 0 Å². The number of aromatic nitrogens is 3. The SMILES string of the molecule is O=C(NCc1ccc2cc[nH]c2c1)c1cc(=O)n2ccccc2n1. The summed E-state index contributed by atoms with van der Waals surface area (Å²) in [5.74, 6) is -0.370. The highest BCUT2D eigenvalue weighted by molar-refractivity contribution is 5.92. The number of H-pyrrole nitrogens is 1. The quantitative estimate of drug-likeness (QED) is 0.607. The van der Waals surface area contributed by atoms with Crippen LogP contribution in [0.15, 0.2) is 65.7 Å². The minimum Gasteiger partial charge on any atom is -0.361 e. The second-order valence-electron chi connectivity index (χ2n) is 5.49. The maximum Gasteiger partial charge on any atom is 0.270 e. The average molecular weight is 318 g/mol. The van der Waals surface area contributed by atoms with E-state index in [0.29, 0.717) is 12.2 Å². The molecule has 2 N–H and O–H groups in total. The zero-order valence-electron chi connectivity index (χ0n) is 12.7. The fraction of sp³-hybridized carbons (Fsp3) is 0.0556. The number of hydrogen-bond acceptors (Lipinski definition) is 3. The zero-order chi connectivity index (χ0) is 16.5. The first-order valence-corrected chi connectivity index (χ1v) is 7.53. The number of amides is 1. The monoisotopic (exact) mass is 318 g/mol. The number of aromatic amines is 1. The van der Waals surface area contributed by atoms with Crippen LogP contribution in [-0.4, -0.2) is 20.3 Å². The predicted octanol–water partition coefficient (Wildman–Crippen LogP) is 2.11. The van der Waals surface area contributed by atoms with E-state index in [9.17, 15) is 9.59 Å². The van der Waals surface area contributed by atoms with Gasteiger partial charge in [0, 0.05) is 30.5 Å². The summed E-state index contributed by atoms with van der Waals surface area (Å²) in [4.78, 5) is 31.7. The lowest BCUT2D eigenvalue weighted by atomic mass is 10.1. The van der Waals surface area contributed by atoms with E-state index in [1.807, 2.05) is 30.5 Å². The Hall–Kier alpha value is -3.41. The van der Waals surface area contributed by atoms with Crippen LogP contribution in [0.3, 0.4) is 0 Å². The molecule has 6 heteroatoms. The Morgan fingerprint density at radius 1 is 1.17 bits per heavy atom. The molecule has 0 aliphatic rings. The number of fused-ring (bicyclic) bond motifs is 2. The Kier molecular flexibility index (Phi) is 3.35. The molecular weight excluding hydrogens is 304 g/mol. The number of carbonyl (C=O) groups is 1. The van der Waals surface area contributed by atoms with Crippen LogP contribution < -0.4 is 10.9 Å². The molecule has 4 rings (SSSR count). The third-order valence-corrected chi connectivity index (χ3v) is 3.88. The molecule has 0 bridgehead atoms. The Morgan fingerprint density at radius 3 is 3.00 bits per heavy atom. The van der Waals surface area contributed by atoms with Gasteiger partial charge in [-0.05, 0) is 35.2 Å². The number of carbonyl (C=O) groups excluding carboxylic acids is 1. The van der Waals surface area contributed by atoms with Crippen molar-refractivity contribution in [1.82, 2.24) is 19.7 Å². The molecule has 0 atom stereocenters.